The van der Waals surface area contributed by atoms with Gasteiger partial charge in [-0.1, -0.05) is 34.5 Å². The van der Waals surface area contributed by atoms with Crippen LogP contribution in [0.1, 0.15) is 24.0 Å². The summed E-state index contributed by atoms with van der Waals surface area (Å²) < 4.78 is 46.9. The molecule has 16 heteroatoms. The molecule has 5 heterocycles. The second-order valence-electron chi connectivity index (χ2n) is 8.91. The number of rotatable bonds is 8. The van der Waals surface area contributed by atoms with Crippen LogP contribution in [0, 0.1) is 5.82 Å². The van der Waals surface area contributed by atoms with E-state index in [1.807, 2.05) is 0 Å². The van der Waals surface area contributed by atoms with Crippen LogP contribution in [0.3, 0.4) is 0 Å². The summed E-state index contributed by atoms with van der Waals surface area (Å²) in [5.74, 6) is -0.0720. The number of benzene rings is 1. The molecule has 11 nitrogen and oxygen atoms in total. The van der Waals surface area contributed by atoms with Crippen LogP contribution >= 0.6 is 23.2 Å². The van der Waals surface area contributed by atoms with Crippen molar-refractivity contribution in [2.75, 3.05) is 0 Å². The Balaban J connectivity index is 1.40. The molecule has 0 aliphatic heterocycles. The average Bonchev–Trinajstić information content (AvgIpc) is 3.77. The lowest BCUT2D eigenvalue weighted by Gasteiger charge is -2.17. The van der Waals surface area contributed by atoms with Crippen LogP contribution in [0.4, 0.5) is 13.2 Å². The first-order valence-corrected chi connectivity index (χ1v) is 12.8. The molecule has 5 aromatic heterocycles. The minimum absolute atomic E-state index is 0.0839. The van der Waals surface area contributed by atoms with Gasteiger partial charge in [-0.25, -0.2) is 23.4 Å². The van der Waals surface area contributed by atoms with E-state index in [0.717, 1.165) is 0 Å². The predicted molar refractivity (Wildman–Crippen MR) is 142 cm³/mol. The number of alkyl halides is 2. The van der Waals surface area contributed by atoms with E-state index < -0.39 is 18.4 Å². The molecule has 0 aliphatic carbocycles. The zero-order valence-electron chi connectivity index (χ0n) is 21.0. The van der Waals surface area contributed by atoms with Crippen LogP contribution in [0.2, 0.25) is 10.2 Å². The van der Waals surface area contributed by atoms with Crippen LogP contribution in [-0.2, 0) is 13.5 Å². The van der Waals surface area contributed by atoms with E-state index in [9.17, 15) is 8.78 Å². The summed E-state index contributed by atoms with van der Waals surface area (Å²) in [6.45, 7) is -2.77. The fraction of sp³-hybridized carbons (Fsp3) is 0.160. The lowest BCUT2D eigenvalue weighted by atomic mass is 10.0. The Morgan fingerprint density at radius 1 is 0.927 bits per heavy atom. The maximum Gasteiger partial charge on any atom is 0.333 e. The van der Waals surface area contributed by atoms with Gasteiger partial charge in [0, 0.05) is 43.2 Å². The second-order valence-corrected chi connectivity index (χ2v) is 9.71. The molecule has 0 spiro atoms. The number of aromatic nitrogens is 11. The maximum atomic E-state index is 15.3. The summed E-state index contributed by atoms with van der Waals surface area (Å²) in [5, 5.41) is 20.3. The number of nitrogens with zero attached hydrogens (tertiary/aromatic N) is 11. The Morgan fingerprint density at radius 2 is 1.78 bits per heavy atom. The minimum Gasteiger partial charge on any atom is -0.263 e. The molecule has 0 saturated heterocycles. The van der Waals surface area contributed by atoms with E-state index in [0.29, 0.717) is 38.7 Å². The van der Waals surface area contributed by atoms with Gasteiger partial charge in [0.05, 0.1) is 46.1 Å². The first kappa shape index (κ1) is 26.7. The summed E-state index contributed by atoms with van der Waals surface area (Å²) in [6.07, 6.45) is 9.15. The molecule has 6 aromatic rings. The molecule has 41 heavy (non-hydrogen) atoms. The van der Waals surface area contributed by atoms with Crippen molar-refractivity contribution in [2.24, 2.45) is 7.05 Å². The zero-order valence-corrected chi connectivity index (χ0v) is 22.5. The SMILES string of the molecule is Cn1ncnc1-c1cnn([C@@H](Cc2ccn(C(F)F)n2)c2ccc(-c3c(-n4cc(Cl)nn4)ccc(Cl)c3F)cn2)c1. The highest BCUT2D eigenvalue weighted by Gasteiger charge is 2.23. The standard InChI is InChI=1S/C25H18Cl2F3N11/c1-38-24(32-13-34-38)15-10-33-40(11-15)20(8-16-6-7-39(36-16)25(29)30)18-4-2-14(9-31-18)22-19(5-3-17(26)23(22)28)41-12-21(27)35-37-41/h2-7,9-13,20,25H,8H2,1H3/t20-/m0/s1. The number of aryl methyl sites for hydroxylation is 1. The zero-order chi connectivity index (χ0) is 28.7. The van der Waals surface area contributed by atoms with Crippen molar-refractivity contribution >= 4 is 23.2 Å². The van der Waals surface area contributed by atoms with Gasteiger partial charge < -0.3 is 0 Å². The summed E-state index contributed by atoms with van der Waals surface area (Å²) in [7, 11) is 1.75. The third-order valence-corrected chi connectivity index (χ3v) is 6.82. The first-order valence-electron chi connectivity index (χ1n) is 12.0. The molecule has 6 rings (SSSR count). The van der Waals surface area contributed by atoms with Crippen molar-refractivity contribution in [3.05, 3.63) is 95.0 Å². The van der Waals surface area contributed by atoms with Gasteiger partial charge >= 0.3 is 6.55 Å². The summed E-state index contributed by atoms with van der Waals surface area (Å²) in [4.78, 5) is 8.86. The van der Waals surface area contributed by atoms with Gasteiger partial charge in [0.15, 0.2) is 16.8 Å². The molecule has 0 N–H and O–H groups in total. The monoisotopic (exact) mass is 599 g/mol. The van der Waals surface area contributed by atoms with E-state index in [1.165, 1.54) is 41.7 Å². The van der Waals surface area contributed by atoms with Gasteiger partial charge in [-0.15, -0.1) is 5.10 Å². The number of hydrogen-bond acceptors (Lipinski definition) is 7. The first-order chi connectivity index (χ1) is 19.8. The van der Waals surface area contributed by atoms with Crippen molar-refractivity contribution < 1.29 is 13.2 Å². The van der Waals surface area contributed by atoms with Crippen molar-refractivity contribution in [3.8, 4) is 28.2 Å². The summed E-state index contributed by atoms with van der Waals surface area (Å²) in [6, 6.07) is 7.35. The van der Waals surface area contributed by atoms with E-state index in [2.05, 4.69) is 35.6 Å². The van der Waals surface area contributed by atoms with E-state index in [1.54, 1.807) is 47.0 Å². The number of pyridine rings is 1. The van der Waals surface area contributed by atoms with Gasteiger partial charge in [0.25, 0.3) is 0 Å². The van der Waals surface area contributed by atoms with E-state index in [4.69, 9.17) is 23.2 Å². The van der Waals surface area contributed by atoms with Crippen molar-refractivity contribution in [3.63, 3.8) is 0 Å². The lowest BCUT2D eigenvalue weighted by Crippen LogP contribution is -2.16. The Morgan fingerprint density at radius 3 is 2.44 bits per heavy atom. The van der Waals surface area contributed by atoms with E-state index in [-0.39, 0.29) is 22.2 Å². The third-order valence-electron chi connectivity index (χ3n) is 6.36. The largest absolute Gasteiger partial charge is 0.333 e. The van der Waals surface area contributed by atoms with Gasteiger partial charge in [0.2, 0.25) is 0 Å². The molecule has 0 unspecified atom stereocenters. The normalized spacial score (nSPS) is 12.4. The van der Waals surface area contributed by atoms with Gasteiger partial charge in [-0.3, -0.25) is 9.67 Å². The predicted octanol–water partition coefficient (Wildman–Crippen LogP) is 5.19. The highest BCUT2D eigenvalue weighted by atomic mass is 35.5. The lowest BCUT2D eigenvalue weighted by molar-refractivity contribution is 0.0561. The molecule has 0 saturated carbocycles. The molecule has 0 bridgehead atoms. The van der Waals surface area contributed by atoms with Crippen molar-refractivity contribution in [1.82, 2.24) is 54.3 Å². The molecule has 1 atom stereocenters. The molecule has 0 aliphatic rings. The Hall–Kier alpha value is -4.56. The maximum absolute atomic E-state index is 15.3. The van der Waals surface area contributed by atoms with Gasteiger partial charge in [-0.05, 0) is 24.3 Å². The van der Waals surface area contributed by atoms with Crippen LogP contribution in [0.15, 0.2) is 67.6 Å². The summed E-state index contributed by atoms with van der Waals surface area (Å²) in [5.41, 5.74) is 2.55. The Bertz CT molecular complexity index is 1820. The Kier molecular flexibility index (Phi) is 7.01. The minimum atomic E-state index is -2.77. The van der Waals surface area contributed by atoms with Crippen molar-refractivity contribution in [2.45, 2.75) is 19.0 Å². The molecule has 0 radical (unpaired) electrons. The van der Waals surface area contributed by atoms with Crippen LogP contribution in [0.5, 0.6) is 0 Å². The quantitative estimate of drug-likeness (QED) is 0.237. The smallest absolute Gasteiger partial charge is 0.263 e. The average molecular weight is 600 g/mol. The fourth-order valence-corrected chi connectivity index (χ4v) is 4.71. The summed E-state index contributed by atoms with van der Waals surface area (Å²) >= 11 is 12.0. The molecule has 1 aromatic carbocycles. The number of hydrogen-bond donors (Lipinski definition) is 0. The molecule has 0 fully saturated rings. The third kappa shape index (κ3) is 5.18. The van der Waals surface area contributed by atoms with E-state index >= 15 is 4.39 Å². The highest BCUT2D eigenvalue weighted by molar-refractivity contribution is 6.31. The van der Waals surface area contributed by atoms with Crippen LogP contribution in [0.25, 0.3) is 28.2 Å². The Labute approximate surface area is 239 Å². The molecular weight excluding hydrogens is 582 g/mol. The molecule has 208 valence electrons. The van der Waals surface area contributed by atoms with Crippen LogP contribution in [-0.4, -0.2) is 54.3 Å². The van der Waals surface area contributed by atoms with Crippen LogP contribution < -0.4 is 0 Å². The molecular formula is C25H18Cl2F3N11. The highest BCUT2D eigenvalue weighted by Crippen LogP contribution is 2.34. The van der Waals surface area contributed by atoms with Gasteiger partial charge in [-0.2, -0.15) is 24.1 Å². The molecule has 0 amide bonds. The van der Waals surface area contributed by atoms with Gasteiger partial charge in [0.1, 0.15) is 6.33 Å². The second kappa shape index (κ2) is 10.8. The topological polar surface area (TPSA) is 110 Å². The number of halogens is 5. The fourth-order valence-electron chi connectivity index (χ4n) is 4.43. The van der Waals surface area contributed by atoms with Crippen molar-refractivity contribution in [1.29, 1.82) is 0 Å².